The number of H-pyrrole nitrogens is 1. The topological polar surface area (TPSA) is 108 Å². The summed E-state index contributed by atoms with van der Waals surface area (Å²) < 4.78 is 29.5. The molecule has 9 heteroatoms. The maximum absolute atomic E-state index is 12.1. The van der Waals surface area contributed by atoms with Gasteiger partial charge in [0.15, 0.2) is 5.76 Å². The Morgan fingerprint density at radius 2 is 2.24 bits per heavy atom. The van der Waals surface area contributed by atoms with Crippen molar-refractivity contribution >= 4 is 21.7 Å². The van der Waals surface area contributed by atoms with Crippen LogP contribution in [0.25, 0.3) is 0 Å². The number of hydrogen-bond acceptors (Lipinski definition) is 5. The van der Waals surface area contributed by atoms with Gasteiger partial charge in [-0.25, -0.2) is 8.42 Å². The van der Waals surface area contributed by atoms with Gasteiger partial charge in [-0.05, 0) is 13.0 Å². The van der Waals surface area contributed by atoms with E-state index in [9.17, 15) is 13.2 Å². The zero-order valence-electron chi connectivity index (χ0n) is 11.5. The molecule has 0 aliphatic carbocycles. The van der Waals surface area contributed by atoms with Crippen LogP contribution < -0.4 is 5.32 Å². The quantitative estimate of drug-likeness (QED) is 0.873. The molecule has 0 unspecified atom stereocenters. The molecule has 1 aliphatic rings. The van der Waals surface area contributed by atoms with Gasteiger partial charge in [0.1, 0.15) is 5.82 Å². The second-order valence-electron chi connectivity index (χ2n) is 4.94. The van der Waals surface area contributed by atoms with E-state index in [-0.39, 0.29) is 18.8 Å². The third-order valence-corrected chi connectivity index (χ3v) is 4.59. The molecular weight excluding hydrogens is 296 g/mol. The number of aryl methyl sites for hydroxylation is 1. The van der Waals surface area contributed by atoms with Crippen LogP contribution in [-0.4, -0.2) is 35.1 Å². The van der Waals surface area contributed by atoms with Gasteiger partial charge in [0, 0.05) is 17.7 Å². The van der Waals surface area contributed by atoms with Gasteiger partial charge in [-0.15, -0.1) is 0 Å². The molecule has 3 heterocycles. The number of furan rings is 1. The number of fused-ring (bicyclic) bond motifs is 1. The SMILES string of the molecule is Cc1ccoc1C(=O)Nc1[nH]nc2c1CN(S(C)(=O)=O)C2. The summed E-state index contributed by atoms with van der Waals surface area (Å²) in [6.45, 7) is 2.17. The van der Waals surface area contributed by atoms with Crippen LogP contribution in [-0.2, 0) is 23.1 Å². The first-order chi connectivity index (χ1) is 9.86. The van der Waals surface area contributed by atoms with Crippen molar-refractivity contribution in [3.63, 3.8) is 0 Å². The van der Waals surface area contributed by atoms with Crippen molar-refractivity contribution in [3.05, 3.63) is 34.9 Å². The number of aromatic amines is 1. The minimum atomic E-state index is -3.29. The number of carbonyl (C=O) groups is 1. The number of rotatable bonds is 3. The van der Waals surface area contributed by atoms with E-state index in [4.69, 9.17) is 4.42 Å². The fraction of sp³-hybridized carbons (Fsp3) is 0.333. The molecule has 0 saturated carbocycles. The number of anilines is 1. The van der Waals surface area contributed by atoms with Crippen LogP contribution in [0, 0.1) is 6.92 Å². The largest absolute Gasteiger partial charge is 0.459 e. The Balaban J connectivity index is 1.82. The third kappa shape index (κ3) is 2.45. The molecule has 0 saturated heterocycles. The zero-order chi connectivity index (χ0) is 15.2. The molecular formula is C12H14N4O4S. The lowest BCUT2D eigenvalue weighted by atomic mass is 10.2. The number of amides is 1. The van der Waals surface area contributed by atoms with Crippen molar-refractivity contribution in [1.82, 2.24) is 14.5 Å². The zero-order valence-corrected chi connectivity index (χ0v) is 12.3. The van der Waals surface area contributed by atoms with E-state index >= 15 is 0 Å². The molecule has 0 bridgehead atoms. The number of nitrogens with zero attached hydrogens (tertiary/aromatic N) is 2. The molecule has 0 radical (unpaired) electrons. The fourth-order valence-electron chi connectivity index (χ4n) is 2.22. The molecule has 1 aliphatic heterocycles. The Kier molecular flexibility index (Phi) is 3.10. The van der Waals surface area contributed by atoms with Crippen molar-refractivity contribution < 1.29 is 17.6 Å². The van der Waals surface area contributed by atoms with Crippen molar-refractivity contribution in [2.45, 2.75) is 20.0 Å². The molecule has 2 aromatic rings. The monoisotopic (exact) mass is 310 g/mol. The Hall–Kier alpha value is -2.13. The molecule has 0 aromatic carbocycles. The van der Waals surface area contributed by atoms with Crippen molar-refractivity contribution in [2.75, 3.05) is 11.6 Å². The summed E-state index contributed by atoms with van der Waals surface area (Å²) in [6.07, 6.45) is 2.58. The second kappa shape index (κ2) is 4.71. The highest BCUT2D eigenvalue weighted by atomic mass is 32.2. The predicted octanol–water partition coefficient (Wildman–Crippen LogP) is 0.839. The van der Waals surface area contributed by atoms with Gasteiger partial charge in [0.2, 0.25) is 10.0 Å². The summed E-state index contributed by atoms with van der Waals surface area (Å²) in [4.78, 5) is 12.1. The first-order valence-corrected chi connectivity index (χ1v) is 8.08. The van der Waals surface area contributed by atoms with E-state index in [2.05, 4.69) is 15.5 Å². The van der Waals surface area contributed by atoms with Crippen LogP contribution in [0.15, 0.2) is 16.7 Å². The lowest BCUT2D eigenvalue weighted by Gasteiger charge is -2.11. The smallest absolute Gasteiger partial charge is 0.292 e. The van der Waals surface area contributed by atoms with Crippen molar-refractivity contribution in [1.29, 1.82) is 0 Å². The van der Waals surface area contributed by atoms with E-state index in [0.29, 0.717) is 17.1 Å². The summed E-state index contributed by atoms with van der Waals surface area (Å²) in [5, 5.41) is 9.42. The van der Waals surface area contributed by atoms with Crippen molar-refractivity contribution in [2.24, 2.45) is 0 Å². The minimum Gasteiger partial charge on any atom is -0.459 e. The standard InChI is InChI=1S/C12H14N4O4S/c1-7-3-4-20-10(7)12(17)13-11-8-5-16(21(2,18)19)6-9(8)14-15-11/h3-4H,5-6H2,1-2H3,(H2,13,14,15,17). The van der Waals surface area contributed by atoms with Crippen LogP contribution in [0.4, 0.5) is 5.82 Å². The molecule has 3 rings (SSSR count). The third-order valence-electron chi connectivity index (χ3n) is 3.39. The maximum atomic E-state index is 12.1. The van der Waals surface area contributed by atoms with Crippen LogP contribution in [0.5, 0.6) is 0 Å². The van der Waals surface area contributed by atoms with Gasteiger partial charge < -0.3 is 9.73 Å². The highest BCUT2D eigenvalue weighted by Gasteiger charge is 2.31. The van der Waals surface area contributed by atoms with Crippen LogP contribution in [0.3, 0.4) is 0 Å². The first kappa shape index (κ1) is 13.8. The predicted molar refractivity (Wildman–Crippen MR) is 74.1 cm³/mol. The van der Waals surface area contributed by atoms with Gasteiger partial charge in [-0.1, -0.05) is 0 Å². The highest BCUT2D eigenvalue weighted by molar-refractivity contribution is 7.88. The minimum absolute atomic E-state index is 0.192. The number of nitrogens with one attached hydrogen (secondary N) is 2. The maximum Gasteiger partial charge on any atom is 0.292 e. The summed E-state index contributed by atoms with van der Waals surface area (Å²) in [5.41, 5.74) is 2.02. The number of sulfonamides is 1. The van der Waals surface area contributed by atoms with Gasteiger partial charge >= 0.3 is 0 Å². The first-order valence-electron chi connectivity index (χ1n) is 6.23. The van der Waals surface area contributed by atoms with Gasteiger partial charge in [0.05, 0.1) is 24.8 Å². The Labute approximate surface area is 121 Å². The van der Waals surface area contributed by atoms with Gasteiger partial charge in [-0.2, -0.15) is 9.40 Å². The number of hydrogen-bond donors (Lipinski definition) is 2. The molecule has 1 amide bonds. The van der Waals surface area contributed by atoms with Gasteiger partial charge in [0.25, 0.3) is 5.91 Å². The molecule has 21 heavy (non-hydrogen) atoms. The molecule has 0 atom stereocenters. The Bertz CT molecular complexity index is 805. The molecule has 2 N–H and O–H groups in total. The molecule has 8 nitrogen and oxygen atoms in total. The number of carbonyl (C=O) groups excluding carboxylic acids is 1. The summed E-state index contributed by atoms with van der Waals surface area (Å²) in [6, 6.07) is 1.69. The average molecular weight is 310 g/mol. The highest BCUT2D eigenvalue weighted by Crippen LogP contribution is 2.29. The van der Waals surface area contributed by atoms with Crippen LogP contribution in [0.2, 0.25) is 0 Å². The second-order valence-corrected chi connectivity index (χ2v) is 6.92. The van der Waals surface area contributed by atoms with Gasteiger partial charge in [-0.3, -0.25) is 9.89 Å². The van der Waals surface area contributed by atoms with E-state index in [1.54, 1.807) is 13.0 Å². The summed E-state index contributed by atoms with van der Waals surface area (Å²) >= 11 is 0. The lowest BCUT2D eigenvalue weighted by molar-refractivity contribution is 0.0995. The normalized spacial score (nSPS) is 15.1. The van der Waals surface area contributed by atoms with E-state index in [1.807, 2.05) is 0 Å². The summed E-state index contributed by atoms with van der Waals surface area (Å²) in [7, 11) is -3.29. The van der Waals surface area contributed by atoms with E-state index < -0.39 is 15.9 Å². The van der Waals surface area contributed by atoms with E-state index in [0.717, 1.165) is 11.8 Å². The van der Waals surface area contributed by atoms with E-state index in [1.165, 1.54) is 10.6 Å². The Morgan fingerprint density at radius 3 is 2.86 bits per heavy atom. The van der Waals surface area contributed by atoms with Crippen LogP contribution >= 0.6 is 0 Å². The fourth-order valence-corrected chi connectivity index (χ4v) is 2.94. The van der Waals surface area contributed by atoms with Crippen molar-refractivity contribution in [3.8, 4) is 0 Å². The molecule has 0 spiro atoms. The van der Waals surface area contributed by atoms with Crippen LogP contribution in [0.1, 0.15) is 27.4 Å². The molecule has 112 valence electrons. The Morgan fingerprint density at radius 1 is 1.48 bits per heavy atom. The average Bonchev–Trinajstić information content (AvgIpc) is 3.04. The number of aromatic nitrogens is 2. The molecule has 0 fully saturated rings. The molecule has 2 aromatic heterocycles. The lowest BCUT2D eigenvalue weighted by Crippen LogP contribution is -2.24. The summed E-state index contributed by atoms with van der Waals surface area (Å²) in [5.74, 6) is 0.218.